The van der Waals surface area contributed by atoms with Gasteiger partial charge in [0.05, 0.1) is 0 Å². The zero-order chi connectivity index (χ0) is 14.1. The van der Waals surface area contributed by atoms with E-state index in [1.807, 2.05) is 6.20 Å². The van der Waals surface area contributed by atoms with Gasteiger partial charge in [-0.25, -0.2) is 4.98 Å². The van der Waals surface area contributed by atoms with Crippen molar-refractivity contribution in [2.24, 2.45) is 0 Å². The van der Waals surface area contributed by atoms with E-state index in [0.29, 0.717) is 0 Å². The van der Waals surface area contributed by atoms with Crippen molar-refractivity contribution < 1.29 is 0 Å². The summed E-state index contributed by atoms with van der Waals surface area (Å²) < 4.78 is 0. The Hall–Kier alpha value is -1.32. The maximum absolute atomic E-state index is 4.67. The number of unbranched alkanes of at least 4 members (excludes halogenated alkanes) is 2. The smallest absolute Gasteiger partial charge is 0.224 e. The van der Waals surface area contributed by atoms with E-state index >= 15 is 0 Å². The molecule has 0 bridgehead atoms. The van der Waals surface area contributed by atoms with Gasteiger partial charge in [0.2, 0.25) is 5.95 Å². The lowest BCUT2D eigenvalue weighted by molar-refractivity contribution is 0.669. The topological polar surface area (TPSA) is 41.1 Å². The second-order valence-electron chi connectivity index (χ2n) is 4.92. The van der Waals surface area contributed by atoms with Crippen LogP contribution in [-0.4, -0.2) is 29.6 Å². The molecular formula is C15H28N4. The number of nitrogens with zero attached hydrogens (tertiary/aromatic N) is 3. The normalized spacial score (nSPS) is 10.5. The highest BCUT2D eigenvalue weighted by Gasteiger charge is 2.11. The summed E-state index contributed by atoms with van der Waals surface area (Å²) >= 11 is 0. The Morgan fingerprint density at radius 1 is 1.11 bits per heavy atom. The molecule has 1 aromatic heterocycles. The molecule has 1 N–H and O–H groups in total. The predicted molar refractivity (Wildman–Crippen MR) is 83.0 cm³/mol. The van der Waals surface area contributed by atoms with E-state index in [2.05, 4.69) is 47.9 Å². The minimum Gasteiger partial charge on any atom is -0.356 e. The van der Waals surface area contributed by atoms with Gasteiger partial charge in [0.15, 0.2) is 0 Å². The first-order valence-corrected chi connectivity index (χ1v) is 7.55. The lowest BCUT2D eigenvalue weighted by Gasteiger charge is -2.25. The molecule has 0 atom stereocenters. The molecule has 0 aliphatic heterocycles. The van der Waals surface area contributed by atoms with Gasteiger partial charge in [-0.15, -0.1) is 0 Å². The maximum atomic E-state index is 4.67. The Morgan fingerprint density at radius 2 is 1.74 bits per heavy atom. The molecule has 0 spiro atoms. The van der Waals surface area contributed by atoms with Crippen LogP contribution in [0.4, 0.5) is 11.8 Å². The molecule has 0 radical (unpaired) electrons. The Bertz CT molecular complexity index is 357. The SMILES string of the molecule is CCCCN(CCCC)c1nc(NCC)ncc1C. The summed E-state index contributed by atoms with van der Waals surface area (Å²) in [6, 6.07) is 0. The van der Waals surface area contributed by atoms with Crippen molar-refractivity contribution in [3.05, 3.63) is 11.8 Å². The Kier molecular flexibility index (Phi) is 7.23. The van der Waals surface area contributed by atoms with Crippen molar-refractivity contribution in [1.82, 2.24) is 9.97 Å². The molecule has 0 aromatic carbocycles. The molecule has 0 aliphatic rings. The van der Waals surface area contributed by atoms with Crippen molar-refractivity contribution in [3.8, 4) is 0 Å². The van der Waals surface area contributed by atoms with Gasteiger partial charge in [-0.3, -0.25) is 0 Å². The highest BCUT2D eigenvalue weighted by Crippen LogP contribution is 2.19. The fraction of sp³-hybridized carbons (Fsp3) is 0.733. The van der Waals surface area contributed by atoms with Gasteiger partial charge in [0.25, 0.3) is 0 Å². The zero-order valence-electron chi connectivity index (χ0n) is 12.9. The van der Waals surface area contributed by atoms with Gasteiger partial charge in [0.1, 0.15) is 5.82 Å². The number of aromatic nitrogens is 2. The van der Waals surface area contributed by atoms with Gasteiger partial charge in [-0.05, 0) is 26.7 Å². The summed E-state index contributed by atoms with van der Waals surface area (Å²) in [5.74, 6) is 1.83. The Balaban J connectivity index is 2.87. The third-order valence-electron chi connectivity index (χ3n) is 3.14. The molecule has 0 saturated heterocycles. The lowest BCUT2D eigenvalue weighted by atomic mass is 10.2. The summed E-state index contributed by atoms with van der Waals surface area (Å²) in [7, 11) is 0. The molecule has 0 amide bonds. The van der Waals surface area contributed by atoms with Gasteiger partial charge in [-0.2, -0.15) is 4.98 Å². The standard InChI is InChI=1S/C15H28N4/c1-5-8-10-19(11-9-6-2)14-13(4)12-17-15(18-14)16-7-3/h12H,5-11H2,1-4H3,(H,16,17,18). The van der Waals surface area contributed by atoms with Crippen LogP contribution in [0, 0.1) is 6.92 Å². The molecule has 1 aromatic rings. The van der Waals surface area contributed by atoms with Crippen LogP contribution in [0.2, 0.25) is 0 Å². The molecule has 4 nitrogen and oxygen atoms in total. The number of aryl methyl sites for hydroxylation is 1. The first kappa shape index (κ1) is 15.7. The first-order valence-electron chi connectivity index (χ1n) is 7.55. The van der Waals surface area contributed by atoms with Gasteiger partial charge in [0, 0.05) is 31.4 Å². The number of anilines is 2. The monoisotopic (exact) mass is 264 g/mol. The van der Waals surface area contributed by atoms with E-state index in [1.165, 1.54) is 25.7 Å². The fourth-order valence-corrected chi connectivity index (χ4v) is 2.02. The summed E-state index contributed by atoms with van der Waals surface area (Å²) in [6.07, 6.45) is 6.78. The molecule has 0 aliphatic carbocycles. The van der Waals surface area contributed by atoms with Crippen molar-refractivity contribution >= 4 is 11.8 Å². The molecule has 0 fully saturated rings. The predicted octanol–water partition coefficient (Wildman–Crippen LogP) is 3.62. The van der Waals surface area contributed by atoms with Gasteiger partial charge in [-0.1, -0.05) is 26.7 Å². The van der Waals surface area contributed by atoms with E-state index in [-0.39, 0.29) is 0 Å². The fourth-order valence-electron chi connectivity index (χ4n) is 2.02. The van der Waals surface area contributed by atoms with E-state index in [4.69, 9.17) is 0 Å². The highest BCUT2D eigenvalue weighted by atomic mass is 15.2. The second kappa shape index (κ2) is 8.73. The van der Waals surface area contributed by atoms with E-state index in [1.54, 1.807) is 0 Å². The summed E-state index contributed by atoms with van der Waals surface area (Å²) in [6.45, 7) is 11.6. The molecule has 4 heteroatoms. The molecular weight excluding hydrogens is 236 g/mol. The van der Waals surface area contributed by atoms with Crippen LogP contribution in [0.5, 0.6) is 0 Å². The second-order valence-corrected chi connectivity index (χ2v) is 4.92. The van der Waals surface area contributed by atoms with Crippen molar-refractivity contribution in [2.45, 2.75) is 53.4 Å². The summed E-state index contributed by atoms with van der Waals surface area (Å²) in [5.41, 5.74) is 1.16. The minimum atomic E-state index is 0.737. The largest absolute Gasteiger partial charge is 0.356 e. The quantitative estimate of drug-likeness (QED) is 0.739. The van der Waals surface area contributed by atoms with Crippen LogP contribution < -0.4 is 10.2 Å². The third-order valence-corrected chi connectivity index (χ3v) is 3.14. The molecule has 0 unspecified atom stereocenters. The lowest BCUT2D eigenvalue weighted by Crippen LogP contribution is -2.27. The number of nitrogens with one attached hydrogen (secondary N) is 1. The molecule has 19 heavy (non-hydrogen) atoms. The van der Waals surface area contributed by atoms with Crippen molar-refractivity contribution in [1.29, 1.82) is 0 Å². The average molecular weight is 264 g/mol. The summed E-state index contributed by atoms with van der Waals surface area (Å²) in [4.78, 5) is 11.4. The molecule has 0 saturated carbocycles. The zero-order valence-corrected chi connectivity index (χ0v) is 12.9. The molecule has 108 valence electrons. The number of rotatable bonds is 9. The summed E-state index contributed by atoms with van der Waals surface area (Å²) in [5, 5.41) is 3.19. The van der Waals surface area contributed by atoms with Crippen LogP contribution in [-0.2, 0) is 0 Å². The molecule has 1 rings (SSSR count). The van der Waals surface area contributed by atoms with Crippen LogP contribution in [0.1, 0.15) is 52.0 Å². The van der Waals surface area contributed by atoms with Crippen LogP contribution >= 0.6 is 0 Å². The average Bonchev–Trinajstić information content (AvgIpc) is 2.42. The number of hydrogen-bond donors (Lipinski definition) is 1. The van der Waals surface area contributed by atoms with Crippen LogP contribution in [0.25, 0.3) is 0 Å². The Labute approximate surface area is 117 Å². The number of hydrogen-bond acceptors (Lipinski definition) is 4. The highest BCUT2D eigenvalue weighted by molar-refractivity contribution is 5.48. The van der Waals surface area contributed by atoms with E-state index < -0.39 is 0 Å². The first-order chi connectivity index (χ1) is 9.22. The van der Waals surface area contributed by atoms with E-state index in [9.17, 15) is 0 Å². The maximum Gasteiger partial charge on any atom is 0.224 e. The van der Waals surface area contributed by atoms with Crippen molar-refractivity contribution in [3.63, 3.8) is 0 Å². The molecule has 1 heterocycles. The van der Waals surface area contributed by atoms with Gasteiger partial charge >= 0.3 is 0 Å². The van der Waals surface area contributed by atoms with E-state index in [0.717, 1.165) is 37.0 Å². The van der Waals surface area contributed by atoms with Gasteiger partial charge < -0.3 is 10.2 Å². The van der Waals surface area contributed by atoms with Crippen LogP contribution in [0.15, 0.2) is 6.20 Å². The Morgan fingerprint density at radius 3 is 2.26 bits per heavy atom. The van der Waals surface area contributed by atoms with Crippen molar-refractivity contribution in [2.75, 3.05) is 29.9 Å². The third kappa shape index (κ3) is 5.05. The minimum absolute atomic E-state index is 0.737. The van der Waals surface area contributed by atoms with Crippen LogP contribution in [0.3, 0.4) is 0 Å².